The summed E-state index contributed by atoms with van der Waals surface area (Å²) in [5, 5.41) is 6.47. The van der Waals surface area contributed by atoms with Crippen LogP contribution in [0.1, 0.15) is 35.2 Å². The molecule has 1 aliphatic heterocycles. The van der Waals surface area contributed by atoms with Crippen LogP contribution in [0.4, 0.5) is 5.69 Å². The van der Waals surface area contributed by atoms with E-state index in [2.05, 4.69) is 20.6 Å². The van der Waals surface area contributed by atoms with Crippen molar-refractivity contribution in [3.63, 3.8) is 0 Å². The number of imidazole rings is 1. The SMILES string of the molecule is Cc1ccc(-c2ncc[nH]2)cc1NC(=O)c1ccc(OCC2CCCCN2)cc1.Cl. The third kappa shape index (κ3) is 5.40. The molecule has 1 saturated heterocycles. The molecule has 30 heavy (non-hydrogen) atoms. The van der Waals surface area contributed by atoms with Gasteiger partial charge < -0.3 is 20.4 Å². The Morgan fingerprint density at radius 1 is 1.20 bits per heavy atom. The highest BCUT2D eigenvalue weighted by molar-refractivity contribution is 6.05. The minimum atomic E-state index is -0.148. The molecule has 6 nitrogen and oxygen atoms in total. The van der Waals surface area contributed by atoms with Crippen molar-refractivity contribution in [1.82, 2.24) is 15.3 Å². The van der Waals surface area contributed by atoms with E-state index in [-0.39, 0.29) is 18.3 Å². The third-order valence-corrected chi connectivity index (χ3v) is 5.24. The van der Waals surface area contributed by atoms with Crippen LogP contribution in [0.2, 0.25) is 0 Å². The summed E-state index contributed by atoms with van der Waals surface area (Å²) in [5.74, 6) is 1.41. The van der Waals surface area contributed by atoms with Gasteiger partial charge in [-0.05, 0) is 62.2 Å². The Hall–Kier alpha value is -2.83. The van der Waals surface area contributed by atoms with E-state index in [4.69, 9.17) is 4.74 Å². The minimum absolute atomic E-state index is 0. The Morgan fingerprint density at radius 2 is 2.03 bits per heavy atom. The quantitative estimate of drug-likeness (QED) is 0.539. The Kier molecular flexibility index (Phi) is 7.49. The summed E-state index contributed by atoms with van der Waals surface area (Å²) in [7, 11) is 0. The highest BCUT2D eigenvalue weighted by atomic mass is 35.5. The first kappa shape index (κ1) is 21.9. The molecular formula is C23H27ClN4O2. The first-order valence-electron chi connectivity index (χ1n) is 10.1. The highest BCUT2D eigenvalue weighted by Gasteiger charge is 2.14. The van der Waals surface area contributed by atoms with Gasteiger partial charge in [0.1, 0.15) is 18.2 Å². The Morgan fingerprint density at radius 3 is 2.73 bits per heavy atom. The van der Waals surface area contributed by atoms with Crippen LogP contribution < -0.4 is 15.4 Å². The van der Waals surface area contributed by atoms with Crippen LogP contribution in [0.15, 0.2) is 54.9 Å². The van der Waals surface area contributed by atoms with Gasteiger partial charge in [0.15, 0.2) is 0 Å². The summed E-state index contributed by atoms with van der Waals surface area (Å²) < 4.78 is 5.87. The summed E-state index contributed by atoms with van der Waals surface area (Å²) in [4.78, 5) is 20.0. The smallest absolute Gasteiger partial charge is 0.255 e. The lowest BCUT2D eigenvalue weighted by atomic mass is 10.1. The summed E-state index contributed by atoms with van der Waals surface area (Å²) in [6.45, 7) is 3.69. The van der Waals surface area contributed by atoms with Crippen molar-refractivity contribution in [3.05, 3.63) is 66.0 Å². The fourth-order valence-electron chi connectivity index (χ4n) is 3.49. The number of rotatable bonds is 6. The number of aromatic amines is 1. The molecule has 0 bridgehead atoms. The van der Waals surface area contributed by atoms with Crippen molar-refractivity contribution in [2.45, 2.75) is 32.2 Å². The zero-order chi connectivity index (χ0) is 20.1. The van der Waals surface area contributed by atoms with E-state index in [9.17, 15) is 4.79 Å². The Bertz CT molecular complexity index is 952. The zero-order valence-electron chi connectivity index (χ0n) is 17.0. The number of hydrogen-bond donors (Lipinski definition) is 3. The number of hydrogen-bond acceptors (Lipinski definition) is 4. The van der Waals surface area contributed by atoms with Gasteiger partial charge in [0, 0.05) is 35.2 Å². The molecule has 2 heterocycles. The molecule has 1 amide bonds. The first-order valence-corrected chi connectivity index (χ1v) is 10.1. The number of halogens is 1. The maximum Gasteiger partial charge on any atom is 0.255 e. The maximum absolute atomic E-state index is 12.7. The van der Waals surface area contributed by atoms with Gasteiger partial charge in [-0.1, -0.05) is 18.6 Å². The van der Waals surface area contributed by atoms with E-state index in [1.54, 1.807) is 24.5 Å². The van der Waals surface area contributed by atoms with Crippen LogP contribution in [0, 0.1) is 6.92 Å². The number of H-pyrrole nitrogens is 1. The molecule has 0 aliphatic carbocycles. The number of nitrogens with zero attached hydrogens (tertiary/aromatic N) is 1. The lowest BCUT2D eigenvalue weighted by molar-refractivity contribution is 0.102. The fraction of sp³-hybridized carbons (Fsp3) is 0.304. The number of anilines is 1. The molecule has 1 unspecified atom stereocenters. The van der Waals surface area contributed by atoms with Crippen LogP contribution in [0.3, 0.4) is 0 Å². The van der Waals surface area contributed by atoms with Crippen molar-refractivity contribution in [1.29, 1.82) is 0 Å². The zero-order valence-corrected chi connectivity index (χ0v) is 17.8. The molecule has 1 atom stereocenters. The van der Waals surface area contributed by atoms with Crippen LogP contribution in [-0.2, 0) is 0 Å². The van der Waals surface area contributed by atoms with Crippen molar-refractivity contribution >= 4 is 24.0 Å². The number of amides is 1. The van der Waals surface area contributed by atoms with Crippen molar-refractivity contribution in [2.24, 2.45) is 0 Å². The number of ether oxygens (including phenoxy) is 1. The number of aromatic nitrogens is 2. The molecule has 158 valence electrons. The van der Waals surface area contributed by atoms with E-state index >= 15 is 0 Å². The molecule has 0 saturated carbocycles. The van der Waals surface area contributed by atoms with Crippen molar-refractivity contribution in [3.8, 4) is 17.1 Å². The highest BCUT2D eigenvalue weighted by Crippen LogP contribution is 2.24. The van der Waals surface area contributed by atoms with E-state index in [0.29, 0.717) is 18.2 Å². The molecule has 7 heteroatoms. The number of aryl methyl sites for hydroxylation is 1. The van der Waals surface area contributed by atoms with E-state index in [1.807, 2.05) is 37.3 Å². The summed E-state index contributed by atoms with van der Waals surface area (Å²) in [6, 6.07) is 13.6. The van der Waals surface area contributed by atoms with Gasteiger partial charge >= 0.3 is 0 Å². The predicted molar refractivity (Wildman–Crippen MR) is 122 cm³/mol. The van der Waals surface area contributed by atoms with Crippen LogP contribution >= 0.6 is 12.4 Å². The normalized spacial score (nSPS) is 15.8. The lowest BCUT2D eigenvalue weighted by Crippen LogP contribution is -2.38. The van der Waals surface area contributed by atoms with Crippen LogP contribution in [0.5, 0.6) is 5.75 Å². The monoisotopic (exact) mass is 426 g/mol. The molecule has 2 aromatic carbocycles. The second-order valence-electron chi connectivity index (χ2n) is 7.40. The van der Waals surface area contributed by atoms with E-state index in [0.717, 1.165) is 41.4 Å². The number of piperidine rings is 1. The number of carbonyl (C=O) groups excluding carboxylic acids is 1. The summed E-state index contributed by atoms with van der Waals surface area (Å²) in [5.41, 5.74) is 3.29. The molecule has 4 rings (SSSR count). The molecule has 1 aliphatic rings. The van der Waals surface area contributed by atoms with Gasteiger partial charge in [-0.3, -0.25) is 4.79 Å². The van der Waals surface area contributed by atoms with Gasteiger partial charge in [0.25, 0.3) is 5.91 Å². The molecule has 0 radical (unpaired) electrons. The molecule has 1 aromatic heterocycles. The minimum Gasteiger partial charge on any atom is -0.492 e. The molecule has 3 aromatic rings. The number of nitrogens with one attached hydrogen (secondary N) is 3. The second-order valence-corrected chi connectivity index (χ2v) is 7.40. The number of benzene rings is 2. The van der Waals surface area contributed by atoms with E-state index < -0.39 is 0 Å². The lowest BCUT2D eigenvalue weighted by Gasteiger charge is -2.23. The van der Waals surface area contributed by atoms with Crippen molar-refractivity contribution in [2.75, 3.05) is 18.5 Å². The van der Waals surface area contributed by atoms with Crippen LogP contribution in [-0.4, -0.2) is 35.1 Å². The van der Waals surface area contributed by atoms with Gasteiger partial charge in [-0.2, -0.15) is 0 Å². The first-order chi connectivity index (χ1) is 14.2. The Balaban J connectivity index is 0.00000256. The fourth-order valence-corrected chi connectivity index (χ4v) is 3.49. The standard InChI is InChI=1S/C23H26N4O2.ClH/c1-16-5-6-18(22-25-12-13-26-22)14-21(16)27-23(28)17-7-9-20(10-8-17)29-15-19-4-2-3-11-24-19;/h5-10,12-14,19,24H,2-4,11,15H2,1H3,(H,25,26)(H,27,28);1H. The number of carbonyl (C=O) groups is 1. The predicted octanol–water partition coefficient (Wildman–Crippen LogP) is 4.58. The van der Waals surface area contributed by atoms with Crippen LogP contribution in [0.25, 0.3) is 11.4 Å². The second kappa shape index (κ2) is 10.3. The van der Waals surface area contributed by atoms with Gasteiger partial charge in [0.05, 0.1) is 0 Å². The molecular weight excluding hydrogens is 400 g/mol. The maximum atomic E-state index is 12.7. The topological polar surface area (TPSA) is 79.0 Å². The van der Waals surface area contributed by atoms with Crippen molar-refractivity contribution < 1.29 is 9.53 Å². The van der Waals surface area contributed by atoms with Gasteiger partial charge in [-0.15, -0.1) is 12.4 Å². The molecule has 3 N–H and O–H groups in total. The Labute approximate surface area is 182 Å². The summed E-state index contributed by atoms with van der Waals surface area (Å²) >= 11 is 0. The molecule has 1 fully saturated rings. The average molecular weight is 427 g/mol. The third-order valence-electron chi connectivity index (χ3n) is 5.24. The molecule has 0 spiro atoms. The van der Waals surface area contributed by atoms with Gasteiger partial charge in [-0.25, -0.2) is 4.98 Å². The summed E-state index contributed by atoms with van der Waals surface area (Å²) in [6.07, 6.45) is 7.13. The van der Waals surface area contributed by atoms with E-state index in [1.165, 1.54) is 12.8 Å². The largest absolute Gasteiger partial charge is 0.492 e. The average Bonchev–Trinajstić information content (AvgIpc) is 3.30. The van der Waals surface area contributed by atoms with Gasteiger partial charge in [0.2, 0.25) is 0 Å².